The van der Waals surface area contributed by atoms with E-state index in [1.54, 1.807) is 0 Å². The first-order valence-corrected chi connectivity index (χ1v) is 8.36. The molecule has 2 rings (SSSR count). The lowest BCUT2D eigenvalue weighted by molar-refractivity contribution is -0.135. The average molecular weight is 395 g/mol. The summed E-state index contributed by atoms with van der Waals surface area (Å²) in [5, 5.41) is 5.57. The van der Waals surface area contributed by atoms with Crippen molar-refractivity contribution in [1.29, 1.82) is 0 Å². The fourth-order valence-corrected chi connectivity index (χ4v) is 2.39. The van der Waals surface area contributed by atoms with Crippen molar-refractivity contribution in [2.24, 2.45) is 5.41 Å². The maximum absolute atomic E-state index is 13.0. The van der Waals surface area contributed by atoms with Crippen LogP contribution in [0.5, 0.6) is 11.5 Å². The number of anilines is 2. The summed E-state index contributed by atoms with van der Waals surface area (Å²) in [6.45, 7) is 2.95. The summed E-state index contributed by atoms with van der Waals surface area (Å²) in [6, 6.07) is 8.26. The number of amides is 2. The summed E-state index contributed by atoms with van der Waals surface area (Å²) in [6.07, 6.45) is 0. The Kier molecular flexibility index (Phi) is 6.28. The highest BCUT2D eigenvalue weighted by Gasteiger charge is 2.36. The Balaban J connectivity index is 2.20. The van der Waals surface area contributed by atoms with Crippen LogP contribution in [0.3, 0.4) is 0 Å². The molecular formula is C19H20ClFN2O4. The maximum atomic E-state index is 13.0. The zero-order chi connectivity index (χ0) is 20.2. The summed E-state index contributed by atoms with van der Waals surface area (Å²) in [5.74, 6) is -0.865. The highest BCUT2D eigenvalue weighted by Crippen LogP contribution is 2.36. The van der Waals surface area contributed by atoms with E-state index >= 15 is 0 Å². The quantitative estimate of drug-likeness (QED) is 0.723. The van der Waals surface area contributed by atoms with Gasteiger partial charge in [-0.15, -0.1) is 0 Å². The Hall–Kier alpha value is -2.80. The van der Waals surface area contributed by atoms with Crippen LogP contribution in [0.15, 0.2) is 36.4 Å². The Labute approximate surface area is 161 Å². The topological polar surface area (TPSA) is 76.7 Å². The monoisotopic (exact) mass is 394 g/mol. The molecule has 27 heavy (non-hydrogen) atoms. The molecule has 0 atom stereocenters. The Morgan fingerprint density at radius 3 is 2.07 bits per heavy atom. The Morgan fingerprint density at radius 1 is 0.963 bits per heavy atom. The number of hydrogen-bond donors (Lipinski definition) is 2. The average Bonchev–Trinajstić information content (AvgIpc) is 2.64. The van der Waals surface area contributed by atoms with E-state index in [9.17, 15) is 14.0 Å². The molecule has 144 valence electrons. The van der Waals surface area contributed by atoms with Crippen LogP contribution in [0.4, 0.5) is 15.8 Å². The van der Waals surface area contributed by atoms with E-state index < -0.39 is 23.0 Å². The predicted molar refractivity (Wildman–Crippen MR) is 102 cm³/mol. The van der Waals surface area contributed by atoms with Crippen molar-refractivity contribution in [3.63, 3.8) is 0 Å². The second-order valence-corrected chi connectivity index (χ2v) is 6.63. The third-order valence-corrected chi connectivity index (χ3v) is 4.25. The molecule has 0 aromatic heterocycles. The second kappa shape index (κ2) is 8.26. The van der Waals surface area contributed by atoms with Gasteiger partial charge in [0.15, 0.2) is 0 Å². The van der Waals surface area contributed by atoms with E-state index in [2.05, 4.69) is 10.6 Å². The lowest BCUT2D eigenvalue weighted by Crippen LogP contribution is -2.41. The smallest absolute Gasteiger partial charge is 0.239 e. The van der Waals surface area contributed by atoms with Crippen molar-refractivity contribution in [2.75, 3.05) is 24.9 Å². The van der Waals surface area contributed by atoms with Gasteiger partial charge in [0.25, 0.3) is 0 Å². The number of methoxy groups -OCH3 is 2. The molecule has 0 saturated heterocycles. The summed E-state index contributed by atoms with van der Waals surface area (Å²) >= 11 is 6.05. The van der Waals surface area contributed by atoms with E-state index in [0.29, 0.717) is 27.9 Å². The van der Waals surface area contributed by atoms with Crippen LogP contribution in [0.2, 0.25) is 5.02 Å². The van der Waals surface area contributed by atoms with Gasteiger partial charge in [0, 0.05) is 17.8 Å². The molecule has 0 heterocycles. The number of rotatable bonds is 6. The van der Waals surface area contributed by atoms with E-state index in [1.165, 1.54) is 64.5 Å². The minimum absolute atomic E-state index is 0.311. The molecule has 0 unspecified atom stereocenters. The SMILES string of the molecule is COc1cc(NC(=O)C(C)(C)C(=O)Nc2ccc(F)cc2)c(OC)cc1Cl. The maximum Gasteiger partial charge on any atom is 0.239 e. The molecule has 0 radical (unpaired) electrons. The summed E-state index contributed by atoms with van der Waals surface area (Å²) in [7, 11) is 2.87. The molecule has 6 nitrogen and oxygen atoms in total. The molecular weight excluding hydrogens is 375 g/mol. The van der Waals surface area contributed by atoms with Gasteiger partial charge in [-0.3, -0.25) is 9.59 Å². The largest absolute Gasteiger partial charge is 0.495 e. The zero-order valence-corrected chi connectivity index (χ0v) is 16.1. The van der Waals surface area contributed by atoms with Crippen molar-refractivity contribution >= 4 is 34.8 Å². The third kappa shape index (κ3) is 4.68. The van der Waals surface area contributed by atoms with Gasteiger partial charge >= 0.3 is 0 Å². The molecule has 2 amide bonds. The van der Waals surface area contributed by atoms with E-state index in [0.717, 1.165) is 0 Å². The van der Waals surface area contributed by atoms with Gasteiger partial charge in [-0.05, 0) is 38.1 Å². The number of carbonyl (C=O) groups excluding carboxylic acids is 2. The van der Waals surface area contributed by atoms with Crippen LogP contribution in [0.25, 0.3) is 0 Å². The first-order valence-electron chi connectivity index (χ1n) is 7.99. The minimum Gasteiger partial charge on any atom is -0.495 e. The van der Waals surface area contributed by atoms with E-state index in [4.69, 9.17) is 21.1 Å². The molecule has 0 aliphatic heterocycles. The molecule has 2 aromatic carbocycles. The number of ether oxygens (including phenoxy) is 2. The molecule has 0 fully saturated rings. The highest BCUT2D eigenvalue weighted by molar-refractivity contribution is 6.32. The minimum atomic E-state index is -1.42. The lowest BCUT2D eigenvalue weighted by atomic mass is 9.90. The number of carbonyl (C=O) groups is 2. The van der Waals surface area contributed by atoms with Gasteiger partial charge in [0.1, 0.15) is 22.7 Å². The lowest BCUT2D eigenvalue weighted by Gasteiger charge is -2.23. The molecule has 2 aromatic rings. The van der Waals surface area contributed by atoms with Gasteiger partial charge in [-0.1, -0.05) is 11.6 Å². The normalized spacial score (nSPS) is 10.9. The van der Waals surface area contributed by atoms with Crippen LogP contribution in [0, 0.1) is 11.2 Å². The molecule has 0 aliphatic rings. The third-order valence-electron chi connectivity index (χ3n) is 3.96. The van der Waals surface area contributed by atoms with Gasteiger partial charge in [-0.2, -0.15) is 0 Å². The van der Waals surface area contributed by atoms with Crippen LogP contribution < -0.4 is 20.1 Å². The van der Waals surface area contributed by atoms with Crippen molar-refractivity contribution in [3.8, 4) is 11.5 Å². The van der Waals surface area contributed by atoms with Gasteiger partial charge in [-0.25, -0.2) is 4.39 Å². The first kappa shape index (κ1) is 20.5. The fourth-order valence-electron chi connectivity index (χ4n) is 2.16. The number of benzene rings is 2. The van der Waals surface area contributed by atoms with Crippen molar-refractivity contribution in [3.05, 3.63) is 47.2 Å². The molecule has 0 aliphatic carbocycles. The number of hydrogen-bond acceptors (Lipinski definition) is 4. The van der Waals surface area contributed by atoms with Crippen molar-refractivity contribution in [2.45, 2.75) is 13.8 Å². The van der Waals surface area contributed by atoms with Crippen LogP contribution in [-0.2, 0) is 9.59 Å². The standard InChI is InChI=1S/C19H20ClFN2O4/c1-19(2,17(24)22-12-7-5-11(21)6-8-12)18(25)23-14-10-15(26-3)13(20)9-16(14)27-4/h5-10H,1-4H3,(H,22,24)(H,23,25). The Morgan fingerprint density at radius 2 is 1.52 bits per heavy atom. The zero-order valence-electron chi connectivity index (χ0n) is 15.4. The number of nitrogens with one attached hydrogen (secondary N) is 2. The van der Waals surface area contributed by atoms with Gasteiger partial charge in [0.2, 0.25) is 11.8 Å². The first-order chi connectivity index (χ1) is 12.7. The summed E-state index contributed by atoms with van der Waals surface area (Å²) in [5.41, 5.74) is -0.730. The van der Waals surface area contributed by atoms with Crippen LogP contribution >= 0.6 is 11.6 Å². The van der Waals surface area contributed by atoms with Gasteiger partial charge < -0.3 is 20.1 Å². The van der Waals surface area contributed by atoms with Crippen molar-refractivity contribution in [1.82, 2.24) is 0 Å². The van der Waals surface area contributed by atoms with Crippen molar-refractivity contribution < 1.29 is 23.5 Å². The number of halogens is 2. The molecule has 0 spiro atoms. The predicted octanol–water partition coefficient (Wildman–Crippen LogP) is 4.10. The fraction of sp³-hybridized carbons (Fsp3) is 0.263. The van der Waals surface area contributed by atoms with E-state index in [1.807, 2.05) is 0 Å². The Bertz CT molecular complexity index is 854. The highest BCUT2D eigenvalue weighted by atomic mass is 35.5. The second-order valence-electron chi connectivity index (χ2n) is 6.23. The molecule has 2 N–H and O–H groups in total. The van der Waals surface area contributed by atoms with Gasteiger partial charge in [0.05, 0.1) is 24.9 Å². The molecule has 0 saturated carbocycles. The van der Waals surface area contributed by atoms with Crippen LogP contribution in [0.1, 0.15) is 13.8 Å². The van der Waals surface area contributed by atoms with E-state index in [-0.39, 0.29) is 0 Å². The summed E-state index contributed by atoms with van der Waals surface area (Å²) in [4.78, 5) is 25.3. The van der Waals surface area contributed by atoms with Crippen LogP contribution in [-0.4, -0.2) is 26.0 Å². The molecule has 8 heteroatoms. The summed E-state index contributed by atoms with van der Waals surface area (Å²) < 4.78 is 23.3. The molecule has 0 bridgehead atoms.